The van der Waals surface area contributed by atoms with Gasteiger partial charge in [-0.15, -0.1) is 10.2 Å². The van der Waals surface area contributed by atoms with Gasteiger partial charge in [-0.05, 0) is 11.8 Å². The zero-order valence-corrected chi connectivity index (χ0v) is 10.1. The molecule has 1 atom stereocenters. The first kappa shape index (κ1) is 11.5. The Morgan fingerprint density at radius 2 is 2.19 bits per heavy atom. The van der Waals surface area contributed by atoms with E-state index in [0.29, 0.717) is 30.3 Å². The van der Waals surface area contributed by atoms with E-state index in [1.165, 1.54) is 0 Å². The van der Waals surface area contributed by atoms with Crippen LogP contribution in [0.25, 0.3) is 0 Å². The minimum Gasteiger partial charge on any atom is -0.388 e. The molecule has 5 nitrogen and oxygen atoms in total. The van der Waals surface area contributed by atoms with Crippen molar-refractivity contribution < 1.29 is 9.84 Å². The van der Waals surface area contributed by atoms with Crippen molar-refractivity contribution in [3.63, 3.8) is 0 Å². The monoisotopic (exact) mass is 225 g/mol. The summed E-state index contributed by atoms with van der Waals surface area (Å²) in [6, 6.07) is 0. The highest BCUT2D eigenvalue weighted by atomic mass is 16.5. The van der Waals surface area contributed by atoms with Crippen molar-refractivity contribution in [1.29, 1.82) is 0 Å². The lowest BCUT2D eigenvalue weighted by molar-refractivity contribution is 0.181. The molecule has 1 fully saturated rings. The van der Waals surface area contributed by atoms with Crippen LogP contribution in [0.2, 0.25) is 0 Å². The number of aliphatic hydroxyl groups is 1. The van der Waals surface area contributed by atoms with Gasteiger partial charge in [0.1, 0.15) is 12.4 Å². The van der Waals surface area contributed by atoms with Gasteiger partial charge in [0.2, 0.25) is 0 Å². The standard InChI is InChI=1S/C11H19N3O2/c1-11(2)6-8(11)10-13-12-9(7-15)14(10)4-5-16-3/h8,15H,4-7H2,1-3H3. The first-order valence-electron chi connectivity index (χ1n) is 5.62. The smallest absolute Gasteiger partial charge is 0.158 e. The Hall–Kier alpha value is -0.940. The van der Waals surface area contributed by atoms with Gasteiger partial charge in [0, 0.05) is 19.6 Å². The third kappa shape index (κ3) is 1.97. The number of methoxy groups -OCH3 is 1. The number of aliphatic hydroxyl groups excluding tert-OH is 1. The summed E-state index contributed by atoms with van der Waals surface area (Å²) < 4.78 is 7.05. The van der Waals surface area contributed by atoms with Crippen molar-refractivity contribution in [3.8, 4) is 0 Å². The summed E-state index contributed by atoms with van der Waals surface area (Å²) in [4.78, 5) is 0. The number of hydrogen-bond acceptors (Lipinski definition) is 4. The van der Waals surface area contributed by atoms with Gasteiger partial charge in [-0.1, -0.05) is 13.8 Å². The molecule has 0 spiro atoms. The minimum absolute atomic E-state index is 0.0656. The summed E-state index contributed by atoms with van der Waals surface area (Å²) >= 11 is 0. The Morgan fingerprint density at radius 1 is 1.50 bits per heavy atom. The average Bonchev–Trinajstić information content (AvgIpc) is 2.74. The molecule has 1 aliphatic carbocycles. The van der Waals surface area contributed by atoms with Gasteiger partial charge in [-0.25, -0.2) is 0 Å². The van der Waals surface area contributed by atoms with Crippen LogP contribution in [0, 0.1) is 5.41 Å². The zero-order valence-electron chi connectivity index (χ0n) is 10.1. The fourth-order valence-electron chi connectivity index (χ4n) is 2.06. The lowest BCUT2D eigenvalue weighted by atomic mass is 10.1. The van der Waals surface area contributed by atoms with Crippen LogP contribution in [0.15, 0.2) is 0 Å². The third-order valence-electron chi connectivity index (χ3n) is 3.34. The van der Waals surface area contributed by atoms with Crippen LogP contribution in [0.3, 0.4) is 0 Å². The molecule has 16 heavy (non-hydrogen) atoms. The quantitative estimate of drug-likeness (QED) is 0.810. The first-order chi connectivity index (χ1) is 7.60. The third-order valence-corrected chi connectivity index (χ3v) is 3.34. The highest BCUT2D eigenvalue weighted by Gasteiger charge is 2.49. The van der Waals surface area contributed by atoms with Crippen LogP contribution in [-0.4, -0.2) is 33.6 Å². The first-order valence-corrected chi connectivity index (χ1v) is 5.62. The Kier molecular flexibility index (Phi) is 2.99. The fraction of sp³-hybridized carbons (Fsp3) is 0.818. The second kappa shape index (κ2) is 4.14. The molecule has 0 aromatic carbocycles. The number of ether oxygens (including phenoxy) is 1. The van der Waals surface area contributed by atoms with Crippen LogP contribution in [0.5, 0.6) is 0 Å². The van der Waals surface area contributed by atoms with Gasteiger partial charge in [0.25, 0.3) is 0 Å². The van der Waals surface area contributed by atoms with Crippen molar-refractivity contribution in [2.24, 2.45) is 5.41 Å². The summed E-state index contributed by atoms with van der Waals surface area (Å²) in [5, 5.41) is 17.4. The molecule has 1 heterocycles. The van der Waals surface area contributed by atoms with Gasteiger partial charge in [0.05, 0.1) is 6.61 Å². The molecule has 0 bridgehead atoms. The predicted molar refractivity (Wildman–Crippen MR) is 59.0 cm³/mol. The molecule has 1 N–H and O–H groups in total. The molecule has 0 aliphatic heterocycles. The second-order valence-electron chi connectivity index (χ2n) is 5.02. The normalized spacial score (nSPS) is 22.4. The van der Waals surface area contributed by atoms with Crippen LogP contribution in [0.4, 0.5) is 0 Å². The molecule has 1 aromatic rings. The molecule has 0 saturated heterocycles. The molecule has 1 aromatic heterocycles. The number of nitrogens with zero attached hydrogens (tertiary/aromatic N) is 3. The lowest BCUT2D eigenvalue weighted by Crippen LogP contribution is -2.12. The molecular weight excluding hydrogens is 206 g/mol. The van der Waals surface area contributed by atoms with Crippen LogP contribution in [-0.2, 0) is 17.9 Å². The molecule has 0 radical (unpaired) electrons. The van der Waals surface area contributed by atoms with Gasteiger partial charge in [-0.2, -0.15) is 0 Å². The van der Waals surface area contributed by atoms with E-state index in [2.05, 4.69) is 24.0 Å². The van der Waals surface area contributed by atoms with Crippen molar-refractivity contribution >= 4 is 0 Å². The number of rotatable bonds is 5. The Morgan fingerprint density at radius 3 is 2.69 bits per heavy atom. The summed E-state index contributed by atoms with van der Waals surface area (Å²) in [5.74, 6) is 2.10. The number of aromatic nitrogens is 3. The van der Waals surface area contributed by atoms with E-state index in [4.69, 9.17) is 4.74 Å². The van der Waals surface area contributed by atoms with E-state index < -0.39 is 0 Å². The molecule has 90 valence electrons. The topological polar surface area (TPSA) is 60.2 Å². The predicted octanol–water partition coefficient (Wildman–Crippen LogP) is 0.930. The Labute approximate surface area is 95.4 Å². The van der Waals surface area contributed by atoms with Gasteiger partial charge in [-0.3, -0.25) is 0 Å². The van der Waals surface area contributed by atoms with E-state index in [1.807, 2.05) is 4.57 Å². The summed E-state index contributed by atoms with van der Waals surface area (Å²) in [7, 11) is 1.67. The van der Waals surface area contributed by atoms with E-state index in [1.54, 1.807) is 7.11 Å². The molecule has 1 unspecified atom stereocenters. The molecule has 5 heteroatoms. The molecule has 2 rings (SSSR count). The highest BCUT2D eigenvalue weighted by Crippen LogP contribution is 2.58. The minimum atomic E-state index is -0.0656. The van der Waals surface area contributed by atoms with Crippen LogP contribution in [0.1, 0.15) is 37.8 Å². The second-order valence-corrected chi connectivity index (χ2v) is 5.02. The van der Waals surface area contributed by atoms with Crippen LogP contribution >= 0.6 is 0 Å². The van der Waals surface area contributed by atoms with Gasteiger partial charge >= 0.3 is 0 Å². The Bertz CT molecular complexity index is 373. The van der Waals surface area contributed by atoms with Gasteiger partial charge < -0.3 is 14.4 Å². The van der Waals surface area contributed by atoms with Crippen LogP contribution < -0.4 is 0 Å². The molecule has 0 amide bonds. The van der Waals surface area contributed by atoms with Crippen molar-refractivity contribution in [2.45, 2.75) is 39.3 Å². The fourth-order valence-corrected chi connectivity index (χ4v) is 2.06. The summed E-state index contributed by atoms with van der Waals surface area (Å²) in [5.41, 5.74) is 0.324. The highest BCUT2D eigenvalue weighted by molar-refractivity contribution is 5.17. The van der Waals surface area contributed by atoms with Crippen molar-refractivity contribution in [3.05, 3.63) is 11.6 Å². The lowest BCUT2D eigenvalue weighted by Gasteiger charge is -2.09. The molecule has 1 saturated carbocycles. The van der Waals surface area contributed by atoms with E-state index in [0.717, 1.165) is 12.2 Å². The zero-order chi connectivity index (χ0) is 11.8. The summed E-state index contributed by atoms with van der Waals surface area (Å²) in [6.07, 6.45) is 1.14. The van der Waals surface area contributed by atoms with E-state index in [-0.39, 0.29) is 6.61 Å². The maximum atomic E-state index is 9.20. The van der Waals surface area contributed by atoms with E-state index >= 15 is 0 Å². The van der Waals surface area contributed by atoms with Crippen molar-refractivity contribution in [1.82, 2.24) is 14.8 Å². The maximum Gasteiger partial charge on any atom is 0.158 e. The molecule has 1 aliphatic rings. The SMILES string of the molecule is COCCn1c(CO)nnc1C1CC1(C)C. The average molecular weight is 225 g/mol. The van der Waals surface area contributed by atoms with Crippen molar-refractivity contribution in [2.75, 3.05) is 13.7 Å². The van der Waals surface area contributed by atoms with Gasteiger partial charge in [0.15, 0.2) is 5.82 Å². The number of hydrogen-bond donors (Lipinski definition) is 1. The van der Waals surface area contributed by atoms with E-state index in [9.17, 15) is 5.11 Å². The largest absolute Gasteiger partial charge is 0.388 e. The molecular formula is C11H19N3O2. The summed E-state index contributed by atoms with van der Waals surface area (Å²) in [6.45, 7) is 5.72. The maximum absolute atomic E-state index is 9.20. The Balaban J connectivity index is 2.21.